The van der Waals surface area contributed by atoms with Gasteiger partial charge in [-0.1, -0.05) is 109 Å². The number of nitrogens with zero attached hydrogens (tertiary/aromatic N) is 2. The van der Waals surface area contributed by atoms with Crippen molar-refractivity contribution in [3.8, 4) is 11.5 Å². The Labute approximate surface area is 352 Å². The summed E-state index contributed by atoms with van der Waals surface area (Å²) >= 11 is 12.6. The molecule has 0 atom stereocenters. The minimum absolute atomic E-state index is 0.0583. The van der Waals surface area contributed by atoms with E-state index in [1.807, 2.05) is 60.7 Å². The van der Waals surface area contributed by atoms with Gasteiger partial charge in [-0.25, -0.2) is 0 Å². The van der Waals surface area contributed by atoms with Crippen molar-refractivity contribution < 1.29 is 38.2 Å². The highest BCUT2D eigenvalue weighted by Gasteiger charge is 2.42. The standard InChI is InChI=1S/C40H34N6O8S4/c47-31(41-43-35(49)27-11-15-29(16-12-27)53-23-25-7-3-1-4-8-25)19-21-45-37(51)33(57-39(45)55)34-38(52)46(40(56)58-34)22-20-32(48)42-44-36(50)28-13-17-30(18-14-28)54-24-26-9-5-2-6-10-26/h1-18H,19-24H2,(H,41,47)(H,42,48)(H,43,49)(H,44,50)/b34-33+. The molecular weight excluding hydrogens is 821 g/mol. The molecule has 2 saturated heterocycles. The molecule has 0 spiro atoms. The molecule has 2 fully saturated rings. The summed E-state index contributed by atoms with van der Waals surface area (Å²) in [6.45, 7) is 0.528. The van der Waals surface area contributed by atoms with Gasteiger partial charge in [-0.3, -0.25) is 60.3 Å². The number of hydrogen-bond acceptors (Lipinski definition) is 12. The van der Waals surface area contributed by atoms with E-state index in [0.717, 1.165) is 34.7 Å². The second-order valence-corrected chi connectivity index (χ2v) is 15.7. The summed E-state index contributed by atoms with van der Waals surface area (Å²) in [7, 11) is 0. The lowest BCUT2D eigenvalue weighted by Crippen LogP contribution is -2.43. The van der Waals surface area contributed by atoms with Gasteiger partial charge in [0.15, 0.2) is 0 Å². The molecule has 6 amide bonds. The van der Waals surface area contributed by atoms with Gasteiger partial charge >= 0.3 is 0 Å². The van der Waals surface area contributed by atoms with E-state index >= 15 is 0 Å². The molecule has 2 aliphatic rings. The van der Waals surface area contributed by atoms with Crippen molar-refractivity contribution in [1.29, 1.82) is 0 Å². The highest BCUT2D eigenvalue weighted by Crippen LogP contribution is 2.42. The molecule has 2 heterocycles. The van der Waals surface area contributed by atoms with Gasteiger partial charge in [-0.05, 0) is 59.7 Å². The molecule has 4 aromatic carbocycles. The van der Waals surface area contributed by atoms with Gasteiger partial charge in [0, 0.05) is 37.1 Å². The predicted octanol–water partition coefficient (Wildman–Crippen LogP) is 4.78. The van der Waals surface area contributed by atoms with Crippen LogP contribution in [0.2, 0.25) is 0 Å². The lowest BCUT2D eigenvalue weighted by atomic mass is 10.2. The van der Waals surface area contributed by atoms with Crippen LogP contribution < -0.4 is 31.2 Å². The van der Waals surface area contributed by atoms with Gasteiger partial charge in [0.1, 0.15) is 33.4 Å². The van der Waals surface area contributed by atoms with E-state index in [2.05, 4.69) is 21.7 Å². The molecule has 58 heavy (non-hydrogen) atoms. The SMILES string of the molecule is O=C(CCN1C(=O)/C(=C2\SC(=S)N(CCC(=O)NNC(=O)c3ccc(OCc4ccccc4)cc3)C2=O)SC1=S)NNC(=O)c1ccc(OCc2ccccc2)cc1. The molecule has 0 unspecified atom stereocenters. The average Bonchev–Trinajstić information content (AvgIpc) is 3.70. The topological polar surface area (TPSA) is 175 Å². The van der Waals surface area contributed by atoms with Crippen LogP contribution in [0, 0.1) is 0 Å². The highest BCUT2D eigenvalue weighted by molar-refractivity contribution is 8.29. The summed E-state index contributed by atoms with van der Waals surface area (Å²) in [5, 5.41) is 0. The zero-order valence-corrected chi connectivity index (χ0v) is 33.7. The molecule has 0 bridgehead atoms. The number of nitrogens with one attached hydrogen (secondary N) is 4. The molecule has 4 N–H and O–H groups in total. The third-order valence-corrected chi connectivity index (χ3v) is 11.4. The minimum atomic E-state index is -0.576. The first-order chi connectivity index (χ1) is 28.0. The van der Waals surface area contributed by atoms with Crippen LogP contribution in [0.3, 0.4) is 0 Å². The maximum atomic E-state index is 13.3. The van der Waals surface area contributed by atoms with Crippen molar-refractivity contribution in [2.75, 3.05) is 13.1 Å². The highest BCUT2D eigenvalue weighted by atomic mass is 32.2. The fourth-order valence-corrected chi connectivity index (χ4v) is 8.06. The second kappa shape index (κ2) is 19.9. The average molecular weight is 855 g/mol. The van der Waals surface area contributed by atoms with Crippen LogP contribution in [0.15, 0.2) is 119 Å². The van der Waals surface area contributed by atoms with Gasteiger partial charge in [0.2, 0.25) is 11.8 Å². The Morgan fingerprint density at radius 3 is 1.24 bits per heavy atom. The molecule has 4 aromatic rings. The fraction of sp³-hybridized carbons (Fsp3) is 0.150. The van der Waals surface area contributed by atoms with E-state index < -0.39 is 35.4 Å². The second-order valence-electron chi connectivity index (χ2n) is 12.4. The first-order valence-electron chi connectivity index (χ1n) is 17.6. The van der Waals surface area contributed by atoms with Gasteiger partial charge in [-0.15, -0.1) is 0 Å². The Morgan fingerprint density at radius 2 is 0.879 bits per heavy atom. The van der Waals surface area contributed by atoms with Crippen LogP contribution in [0.1, 0.15) is 44.7 Å². The number of thiocarbonyl (C=S) groups is 2. The van der Waals surface area contributed by atoms with Crippen molar-refractivity contribution in [3.05, 3.63) is 141 Å². The summed E-state index contributed by atoms with van der Waals surface area (Å²) < 4.78 is 11.7. The third-order valence-electron chi connectivity index (χ3n) is 8.39. The zero-order chi connectivity index (χ0) is 41.0. The Balaban J connectivity index is 0.910. The summed E-state index contributed by atoms with van der Waals surface area (Å²) in [6.07, 6.45) is -0.402. The Hall–Kier alpha value is -6.08. The third kappa shape index (κ3) is 11.1. The molecule has 0 saturated carbocycles. The fourth-order valence-electron chi connectivity index (χ4n) is 5.29. The molecule has 14 nitrogen and oxygen atoms in total. The van der Waals surface area contributed by atoms with Gasteiger partial charge in [-0.2, -0.15) is 0 Å². The van der Waals surface area contributed by atoms with Crippen LogP contribution in [0.4, 0.5) is 0 Å². The number of rotatable bonds is 14. The van der Waals surface area contributed by atoms with Crippen molar-refractivity contribution >= 4 is 92.0 Å². The molecule has 0 radical (unpaired) electrons. The van der Waals surface area contributed by atoms with E-state index in [4.69, 9.17) is 33.9 Å². The molecule has 0 aliphatic carbocycles. The van der Waals surface area contributed by atoms with E-state index in [-0.39, 0.29) is 55.5 Å². The Kier molecular flexibility index (Phi) is 14.2. The first-order valence-corrected chi connectivity index (χ1v) is 20.0. The molecule has 296 valence electrons. The van der Waals surface area contributed by atoms with Crippen molar-refractivity contribution in [1.82, 2.24) is 31.5 Å². The Morgan fingerprint density at radius 1 is 0.517 bits per heavy atom. The van der Waals surface area contributed by atoms with E-state index in [1.165, 1.54) is 9.80 Å². The molecule has 18 heteroatoms. The van der Waals surface area contributed by atoms with Crippen LogP contribution in [0.25, 0.3) is 0 Å². The smallest absolute Gasteiger partial charge is 0.269 e. The molecular formula is C40H34N6O8S4. The number of amides is 6. The number of benzene rings is 4. The number of hydrazine groups is 2. The normalized spacial score (nSPS) is 15.0. The van der Waals surface area contributed by atoms with Gasteiger partial charge in [0.05, 0.1) is 9.81 Å². The number of carbonyl (C=O) groups is 6. The van der Waals surface area contributed by atoms with Crippen molar-refractivity contribution in [2.45, 2.75) is 26.1 Å². The number of carbonyl (C=O) groups excluding carboxylic acids is 6. The lowest BCUT2D eigenvalue weighted by molar-refractivity contribution is -0.126. The zero-order valence-electron chi connectivity index (χ0n) is 30.4. The number of ether oxygens (including phenoxy) is 2. The first kappa shape index (κ1) is 41.6. The van der Waals surface area contributed by atoms with E-state index in [0.29, 0.717) is 24.7 Å². The predicted molar refractivity (Wildman–Crippen MR) is 226 cm³/mol. The summed E-state index contributed by atoms with van der Waals surface area (Å²) in [6, 6.07) is 32.1. The van der Waals surface area contributed by atoms with Crippen LogP contribution in [0.5, 0.6) is 11.5 Å². The van der Waals surface area contributed by atoms with Crippen LogP contribution >= 0.6 is 48.0 Å². The van der Waals surface area contributed by atoms with E-state index in [1.54, 1.807) is 48.5 Å². The molecule has 6 rings (SSSR count). The van der Waals surface area contributed by atoms with Crippen molar-refractivity contribution in [2.24, 2.45) is 0 Å². The maximum Gasteiger partial charge on any atom is 0.269 e. The van der Waals surface area contributed by atoms with Crippen LogP contribution in [-0.4, -0.2) is 67.0 Å². The summed E-state index contributed by atoms with van der Waals surface area (Å²) in [5.41, 5.74) is 11.9. The quantitative estimate of drug-likeness (QED) is 0.0778. The monoisotopic (exact) mass is 854 g/mol. The maximum absolute atomic E-state index is 13.3. The number of thioether (sulfide) groups is 2. The summed E-state index contributed by atoms with van der Waals surface area (Å²) in [4.78, 5) is 79.5. The van der Waals surface area contributed by atoms with Gasteiger partial charge in [0.25, 0.3) is 23.6 Å². The van der Waals surface area contributed by atoms with Crippen LogP contribution in [-0.2, 0) is 32.4 Å². The Bertz CT molecular complexity index is 2100. The van der Waals surface area contributed by atoms with Gasteiger partial charge < -0.3 is 9.47 Å². The molecule has 2 aliphatic heterocycles. The van der Waals surface area contributed by atoms with Crippen molar-refractivity contribution in [3.63, 3.8) is 0 Å². The number of hydrogen-bond donors (Lipinski definition) is 4. The largest absolute Gasteiger partial charge is 0.489 e. The van der Waals surface area contributed by atoms with E-state index in [9.17, 15) is 28.8 Å². The lowest BCUT2D eigenvalue weighted by Gasteiger charge is -2.15. The molecule has 0 aromatic heterocycles. The summed E-state index contributed by atoms with van der Waals surface area (Å²) in [5.74, 6) is -2.25. The minimum Gasteiger partial charge on any atom is -0.489 e.